The summed E-state index contributed by atoms with van der Waals surface area (Å²) in [5, 5.41) is 0. The Bertz CT molecular complexity index is 338. The molecule has 0 N–H and O–H groups in total. The Labute approximate surface area is 71.8 Å². The summed E-state index contributed by atoms with van der Waals surface area (Å²) in [7, 11) is 0. The lowest BCUT2D eigenvalue weighted by Gasteiger charge is -2.20. The normalized spacial score (nSPS) is 14.2. The highest BCUT2D eigenvalue weighted by Gasteiger charge is 2.11. The molecule has 0 saturated heterocycles. The Morgan fingerprint density at radius 2 is 2.58 bits per heavy atom. The smallest absolute Gasteiger partial charge is 0.309 e. The fourth-order valence-electron chi connectivity index (χ4n) is 1.26. The Morgan fingerprint density at radius 3 is 3.42 bits per heavy atom. The molecule has 60 valence electrons. The molecule has 1 aliphatic rings. The first-order chi connectivity index (χ1) is 5.92. The second kappa shape index (κ2) is 2.77. The van der Waals surface area contributed by atoms with Crippen LogP contribution in [0.3, 0.4) is 0 Å². The van der Waals surface area contributed by atoms with Gasteiger partial charge in [0.1, 0.15) is 0 Å². The van der Waals surface area contributed by atoms with Crippen molar-refractivity contribution in [2.24, 2.45) is 0 Å². The van der Waals surface area contributed by atoms with E-state index in [2.05, 4.69) is 4.98 Å². The van der Waals surface area contributed by atoms with Crippen LogP contribution in [0.5, 0.6) is 0 Å². The molecule has 0 aliphatic carbocycles. The van der Waals surface area contributed by atoms with E-state index in [-0.39, 0.29) is 1.43 Å². The third-order valence-electron chi connectivity index (χ3n) is 1.83. The summed E-state index contributed by atoms with van der Waals surface area (Å²) < 4.78 is 0. The second-order valence-corrected chi connectivity index (χ2v) is 2.57. The van der Waals surface area contributed by atoms with Gasteiger partial charge in [-0.1, -0.05) is 6.08 Å². The number of aromatic nitrogens is 1. The second-order valence-electron chi connectivity index (χ2n) is 2.57. The van der Waals surface area contributed by atoms with E-state index >= 15 is 0 Å². The molecule has 0 unspecified atom stereocenters. The van der Waals surface area contributed by atoms with Gasteiger partial charge in [0, 0.05) is 12.7 Å². The van der Waals surface area contributed by atoms with Gasteiger partial charge in [-0.3, -0.25) is 9.78 Å². The highest BCUT2D eigenvalue weighted by Crippen LogP contribution is 2.21. The Balaban J connectivity index is 0.000000845. The van der Waals surface area contributed by atoms with E-state index in [0.29, 0.717) is 6.54 Å². The summed E-state index contributed by atoms with van der Waals surface area (Å²) in [6, 6.07) is 3.72. The van der Waals surface area contributed by atoms with E-state index < -0.39 is 0 Å². The van der Waals surface area contributed by atoms with Crippen LogP contribution in [0.15, 0.2) is 24.4 Å². The van der Waals surface area contributed by atoms with Crippen molar-refractivity contribution in [3.63, 3.8) is 0 Å². The first-order valence-corrected chi connectivity index (χ1v) is 3.75. The predicted molar refractivity (Wildman–Crippen MR) is 47.8 cm³/mol. The van der Waals surface area contributed by atoms with Gasteiger partial charge in [0.2, 0.25) is 6.41 Å². The Kier molecular flexibility index (Phi) is 1.63. The number of amides is 1. The molecule has 0 fully saturated rings. The standard InChI is InChI=1S/C9H8N2O/c12-7-11-6-2-3-8-9(11)4-1-5-10-8/h1-5,7H,6H2/p+1. The summed E-state index contributed by atoms with van der Waals surface area (Å²) in [5.74, 6) is 0. The van der Waals surface area contributed by atoms with Gasteiger partial charge in [-0.25, -0.2) is 0 Å². The number of hydrogen-bond acceptors (Lipinski definition) is 2. The number of carbonyl (C=O) groups excluding carboxylic acids is 1. The SMILES string of the molecule is O=CN1CC=Cc2ncccc21.[H+]. The summed E-state index contributed by atoms with van der Waals surface area (Å²) in [6.07, 6.45) is 6.39. The minimum absolute atomic E-state index is 0. The van der Waals surface area contributed by atoms with Crippen LogP contribution >= 0.6 is 0 Å². The zero-order valence-corrected chi connectivity index (χ0v) is 6.47. The van der Waals surface area contributed by atoms with E-state index in [9.17, 15) is 4.79 Å². The molecule has 1 aliphatic heterocycles. The Morgan fingerprint density at radius 1 is 1.67 bits per heavy atom. The van der Waals surface area contributed by atoms with Crippen LogP contribution in [0.1, 0.15) is 7.12 Å². The van der Waals surface area contributed by atoms with Crippen molar-refractivity contribution in [1.29, 1.82) is 0 Å². The molecular formula is C9H9N2O+. The largest absolute Gasteiger partial charge is 1.00 e. The molecule has 1 aromatic rings. The third-order valence-corrected chi connectivity index (χ3v) is 1.83. The molecule has 0 atom stereocenters. The van der Waals surface area contributed by atoms with Crippen LogP contribution in [-0.4, -0.2) is 17.9 Å². The van der Waals surface area contributed by atoms with Gasteiger partial charge in [-0.05, 0) is 18.2 Å². The maximum Gasteiger partial charge on any atom is 1.00 e. The predicted octanol–water partition coefficient (Wildman–Crippen LogP) is 1.18. The summed E-state index contributed by atoms with van der Waals surface area (Å²) in [5.41, 5.74) is 1.74. The minimum Gasteiger partial charge on any atom is -0.309 e. The number of carbonyl (C=O) groups is 1. The first-order valence-electron chi connectivity index (χ1n) is 3.75. The molecule has 0 bridgehead atoms. The maximum absolute atomic E-state index is 10.6. The first kappa shape index (κ1) is 7.03. The molecule has 3 nitrogen and oxygen atoms in total. The zero-order chi connectivity index (χ0) is 8.39. The molecular weight excluding hydrogens is 152 g/mol. The summed E-state index contributed by atoms with van der Waals surface area (Å²) in [6.45, 7) is 0.641. The lowest BCUT2D eigenvalue weighted by molar-refractivity contribution is -0.107. The molecule has 0 saturated carbocycles. The molecule has 0 radical (unpaired) electrons. The fraction of sp³-hybridized carbons (Fsp3) is 0.111. The fourth-order valence-corrected chi connectivity index (χ4v) is 1.26. The van der Waals surface area contributed by atoms with Crippen molar-refractivity contribution in [1.82, 2.24) is 4.98 Å². The number of fused-ring (bicyclic) bond motifs is 1. The molecule has 1 aromatic heterocycles. The summed E-state index contributed by atoms with van der Waals surface area (Å²) in [4.78, 5) is 16.3. The van der Waals surface area contributed by atoms with Gasteiger partial charge in [0.15, 0.2) is 0 Å². The van der Waals surface area contributed by atoms with Crippen LogP contribution in [-0.2, 0) is 4.79 Å². The topological polar surface area (TPSA) is 33.2 Å². The number of anilines is 1. The lowest BCUT2D eigenvalue weighted by atomic mass is 10.2. The number of hydrogen-bond donors (Lipinski definition) is 0. The molecule has 3 heteroatoms. The van der Waals surface area contributed by atoms with Gasteiger partial charge in [-0.15, -0.1) is 0 Å². The van der Waals surface area contributed by atoms with E-state index in [1.807, 2.05) is 24.3 Å². The van der Waals surface area contributed by atoms with E-state index in [1.165, 1.54) is 0 Å². The highest BCUT2D eigenvalue weighted by atomic mass is 16.1. The van der Waals surface area contributed by atoms with Gasteiger partial charge >= 0.3 is 1.43 Å². The van der Waals surface area contributed by atoms with E-state index in [1.54, 1.807) is 11.1 Å². The average Bonchev–Trinajstić information content (AvgIpc) is 2.17. The number of nitrogens with zero attached hydrogens (tertiary/aromatic N) is 2. The van der Waals surface area contributed by atoms with E-state index in [4.69, 9.17) is 0 Å². The van der Waals surface area contributed by atoms with Gasteiger partial charge < -0.3 is 4.90 Å². The van der Waals surface area contributed by atoms with Crippen molar-refractivity contribution in [2.75, 3.05) is 11.4 Å². The lowest BCUT2D eigenvalue weighted by Crippen LogP contribution is -2.24. The van der Waals surface area contributed by atoms with Crippen molar-refractivity contribution < 1.29 is 6.22 Å². The van der Waals surface area contributed by atoms with Crippen LogP contribution in [0.2, 0.25) is 0 Å². The molecule has 2 heterocycles. The zero-order valence-electron chi connectivity index (χ0n) is 7.47. The van der Waals surface area contributed by atoms with E-state index in [0.717, 1.165) is 17.8 Å². The maximum atomic E-state index is 10.6. The van der Waals surface area contributed by atoms with Crippen LogP contribution in [0.4, 0.5) is 5.69 Å². The van der Waals surface area contributed by atoms with Gasteiger partial charge in [-0.2, -0.15) is 0 Å². The highest BCUT2D eigenvalue weighted by molar-refractivity contribution is 5.82. The average molecular weight is 161 g/mol. The van der Waals surface area contributed by atoms with Gasteiger partial charge in [0.05, 0.1) is 11.4 Å². The van der Waals surface area contributed by atoms with Crippen molar-refractivity contribution in [3.8, 4) is 0 Å². The quantitative estimate of drug-likeness (QED) is 0.579. The Hall–Kier alpha value is -1.64. The summed E-state index contributed by atoms with van der Waals surface area (Å²) >= 11 is 0. The van der Waals surface area contributed by atoms with Crippen molar-refractivity contribution in [2.45, 2.75) is 0 Å². The molecule has 1 amide bonds. The van der Waals surface area contributed by atoms with Crippen LogP contribution in [0.25, 0.3) is 6.08 Å². The van der Waals surface area contributed by atoms with Crippen molar-refractivity contribution >= 4 is 18.2 Å². The molecule has 0 aromatic carbocycles. The monoisotopic (exact) mass is 161 g/mol. The van der Waals surface area contributed by atoms with Crippen LogP contribution < -0.4 is 4.90 Å². The third kappa shape index (κ3) is 0.993. The van der Waals surface area contributed by atoms with Crippen molar-refractivity contribution in [3.05, 3.63) is 30.1 Å². The minimum atomic E-state index is 0. The molecule has 12 heavy (non-hydrogen) atoms. The molecule has 0 spiro atoms. The molecule has 2 rings (SSSR count). The van der Waals surface area contributed by atoms with Gasteiger partial charge in [0.25, 0.3) is 0 Å². The number of pyridine rings is 1. The van der Waals surface area contributed by atoms with Crippen LogP contribution in [0, 0.1) is 0 Å². The number of rotatable bonds is 1.